The number of fused-ring (bicyclic) bond motifs is 1. The van der Waals surface area contributed by atoms with Gasteiger partial charge in [-0.1, -0.05) is 25.0 Å². The molecule has 3 nitrogen and oxygen atoms in total. The van der Waals surface area contributed by atoms with E-state index in [9.17, 15) is 0 Å². The average molecular weight is 277 g/mol. The van der Waals surface area contributed by atoms with Crippen LogP contribution in [0.3, 0.4) is 0 Å². The van der Waals surface area contributed by atoms with Gasteiger partial charge in [-0.25, -0.2) is 4.98 Å². The first kappa shape index (κ1) is 12.6. The van der Waals surface area contributed by atoms with Crippen molar-refractivity contribution in [2.24, 2.45) is 0 Å². The second-order valence-electron chi connectivity index (χ2n) is 6.03. The molecule has 0 atom stereocenters. The third-order valence-electron chi connectivity index (χ3n) is 4.50. The van der Waals surface area contributed by atoms with Crippen molar-refractivity contribution < 1.29 is 0 Å². The molecule has 0 aliphatic heterocycles. The first-order valence-electron chi connectivity index (χ1n) is 7.73. The van der Waals surface area contributed by atoms with Crippen LogP contribution in [0.5, 0.6) is 0 Å². The number of rotatable bonds is 2. The minimum atomic E-state index is 0.642. The number of hydrogen-bond acceptors (Lipinski definition) is 2. The molecule has 106 valence electrons. The fourth-order valence-electron chi connectivity index (χ4n) is 3.42. The zero-order valence-electron chi connectivity index (χ0n) is 12.3. The van der Waals surface area contributed by atoms with Gasteiger partial charge in [-0.3, -0.25) is 4.98 Å². The Morgan fingerprint density at radius 3 is 2.86 bits per heavy atom. The highest BCUT2D eigenvalue weighted by Crippen LogP contribution is 2.37. The highest BCUT2D eigenvalue weighted by Gasteiger charge is 2.22. The smallest absolute Gasteiger partial charge is 0.157 e. The van der Waals surface area contributed by atoms with E-state index < -0.39 is 0 Å². The predicted octanol–water partition coefficient (Wildman–Crippen LogP) is 4.59. The normalized spacial score (nSPS) is 15.9. The lowest BCUT2D eigenvalue weighted by molar-refractivity contribution is 0.720. The second kappa shape index (κ2) is 4.99. The van der Waals surface area contributed by atoms with E-state index >= 15 is 0 Å². The molecule has 1 aliphatic rings. The zero-order chi connectivity index (χ0) is 14.2. The van der Waals surface area contributed by atoms with Crippen molar-refractivity contribution in [2.45, 2.75) is 38.5 Å². The highest BCUT2D eigenvalue weighted by molar-refractivity contribution is 5.79. The van der Waals surface area contributed by atoms with Crippen LogP contribution in [0.2, 0.25) is 0 Å². The van der Waals surface area contributed by atoms with Gasteiger partial charge in [0.2, 0.25) is 0 Å². The number of aromatic nitrogens is 3. The highest BCUT2D eigenvalue weighted by atomic mass is 14.9. The van der Waals surface area contributed by atoms with Crippen molar-refractivity contribution in [3.63, 3.8) is 0 Å². The largest absolute Gasteiger partial charge is 0.337 e. The number of H-pyrrole nitrogens is 1. The lowest BCUT2D eigenvalue weighted by Gasteiger charge is -2.12. The van der Waals surface area contributed by atoms with Crippen LogP contribution in [0.15, 0.2) is 36.5 Å². The number of hydrogen-bond donors (Lipinski definition) is 1. The molecular weight excluding hydrogens is 258 g/mol. The van der Waals surface area contributed by atoms with Crippen molar-refractivity contribution >= 4 is 11.0 Å². The summed E-state index contributed by atoms with van der Waals surface area (Å²) in [6.45, 7) is 2.10. The van der Waals surface area contributed by atoms with Crippen LogP contribution >= 0.6 is 0 Å². The summed E-state index contributed by atoms with van der Waals surface area (Å²) in [6, 6.07) is 10.6. The fourth-order valence-corrected chi connectivity index (χ4v) is 3.42. The lowest BCUT2D eigenvalue weighted by Crippen LogP contribution is -1.99. The molecule has 21 heavy (non-hydrogen) atoms. The Hall–Kier alpha value is -2.16. The van der Waals surface area contributed by atoms with Crippen LogP contribution in [0.25, 0.3) is 22.6 Å². The Balaban J connectivity index is 1.84. The number of nitrogens with one attached hydrogen (secondary N) is 1. The summed E-state index contributed by atoms with van der Waals surface area (Å²) < 4.78 is 0. The van der Waals surface area contributed by atoms with E-state index in [-0.39, 0.29) is 0 Å². The van der Waals surface area contributed by atoms with E-state index in [0.717, 1.165) is 22.6 Å². The quantitative estimate of drug-likeness (QED) is 0.744. The maximum atomic E-state index is 4.74. The van der Waals surface area contributed by atoms with Gasteiger partial charge in [-0.15, -0.1) is 0 Å². The number of aromatic amines is 1. The molecule has 0 amide bonds. The van der Waals surface area contributed by atoms with Crippen molar-refractivity contribution in [2.75, 3.05) is 0 Å². The van der Waals surface area contributed by atoms with Crippen LogP contribution in [-0.2, 0) is 0 Å². The Morgan fingerprint density at radius 1 is 1.14 bits per heavy atom. The predicted molar refractivity (Wildman–Crippen MR) is 85.3 cm³/mol. The molecule has 2 aromatic heterocycles. The Kier molecular flexibility index (Phi) is 2.99. The summed E-state index contributed by atoms with van der Waals surface area (Å²) in [5.41, 5.74) is 5.73. The number of nitrogens with zero attached hydrogens (tertiary/aromatic N) is 2. The molecule has 1 fully saturated rings. The first-order valence-corrected chi connectivity index (χ1v) is 7.73. The minimum absolute atomic E-state index is 0.642. The fraction of sp³-hybridized carbons (Fsp3) is 0.333. The summed E-state index contributed by atoms with van der Waals surface area (Å²) in [7, 11) is 0. The van der Waals surface area contributed by atoms with E-state index in [1.54, 1.807) is 0 Å². The van der Waals surface area contributed by atoms with Crippen molar-refractivity contribution in [3.05, 3.63) is 47.7 Å². The third kappa shape index (κ3) is 2.23. The monoisotopic (exact) mass is 277 g/mol. The molecule has 1 aliphatic carbocycles. The Morgan fingerprint density at radius 2 is 2.00 bits per heavy atom. The van der Waals surface area contributed by atoms with Crippen LogP contribution < -0.4 is 0 Å². The molecule has 1 N–H and O–H groups in total. The average Bonchev–Trinajstić information content (AvgIpc) is 3.16. The zero-order valence-corrected chi connectivity index (χ0v) is 12.3. The SMILES string of the molecule is Cc1ccc2nc(-c3ncccc3C3CCCC3)[nH]c2c1. The van der Waals surface area contributed by atoms with E-state index in [2.05, 4.69) is 41.2 Å². The molecular formula is C18H19N3. The number of aryl methyl sites for hydroxylation is 1. The number of pyridine rings is 1. The molecule has 3 aromatic rings. The molecule has 0 radical (unpaired) electrons. The van der Waals surface area contributed by atoms with Gasteiger partial charge in [0.05, 0.1) is 11.0 Å². The van der Waals surface area contributed by atoms with Gasteiger partial charge in [0.1, 0.15) is 5.69 Å². The van der Waals surface area contributed by atoms with Gasteiger partial charge in [0, 0.05) is 6.20 Å². The standard InChI is InChI=1S/C18H19N3/c1-12-8-9-15-16(11-12)21-18(20-15)17-14(7-4-10-19-17)13-5-2-3-6-13/h4,7-11,13H,2-3,5-6H2,1H3,(H,20,21). The summed E-state index contributed by atoms with van der Waals surface area (Å²) in [6.07, 6.45) is 7.08. The number of imidazole rings is 1. The molecule has 1 aromatic carbocycles. The van der Waals surface area contributed by atoms with E-state index in [4.69, 9.17) is 4.98 Å². The lowest BCUT2D eigenvalue weighted by atomic mass is 9.96. The summed E-state index contributed by atoms with van der Waals surface area (Å²) in [5, 5.41) is 0. The van der Waals surface area contributed by atoms with Crippen LogP contribution in [0, 0.1) is 6.92 Å². The van der Waals surface area contributed by atoms with Gasteiger partial charge >= 0.3 is 0 Å². The molecule has 0 saturated heterocycles. The molecule has 0 unspecified atom stereocenters. The molecule has 3 heteroatoms. The van der Waals surface area contributed by atoms with Gasteiger partial charge < -0.3 is 4.98 Å². The van der Waals surface area contributed by atoms with Crippen molar-refractivity contribution in [1.29, 1.82) is 0 Å². The maximum absolute atomic E-state index is 4.74. The minimum Gasteiger partial charge on any atom is -0.337 e. The van der Waals surface area contributed by atoms with Crippen LogP contribution in [-0.4, -0.2) is 15.0 Å². The summed E-state index contributed by atoms with van der Waals surface area (Å²) in [5.74, 6) is 1.54. The van der Waals surface area contributed by atoms with Gasteiger partial charge in [-0.2, -0.15) is 0 Å². The van der Waals surface area contributed by atoms with Crippen LogP contribution in [0.1, 0.15) is 42.7 Å². The topological polar surface area (TPSA) is 41.6 Å². The van der Waals surface area contributed by atoms with Crippen molar-refractivity contribution in [1.82, 2.24) is 15.0 Å². The van der Waals surface area contributed by atoms with Crippen molar-refractivity contribution in [3.8, 4) is 11.5 Å². The van der Waals surface area contributed by atoms with Gasteiger partial charge in [0.25, 0.3) is 0 Å². The Labute approximate surface area is 124 Å². The third-order valence-corrected chi connectivity index (χ3v) is 4.50. The van der Waals surface area contributed by atoms with E-state index in [0.29, 0.717) is 5.92 Å². The molecule has 4 rings (SSSR count). The first-order chi connectivity index (χ1) is 10.3. The van der Waals surface area contributed by atoms with E-state index in [1.165, 1.54) is 36.8 Å². The van der Waals surface area contributed by atoms with Crippen LogP contribution in [0.4, 0.5) is 0 Å². The van der Waals surface area contributed by atoms with Gasteiger partial charge in [0.15, 0.2) is 5.82 Å². The summed E-state index contributed by atoms with van der Waals surface area (Å²) in [4.78, 5) is 12.8. The summed E-state index contributed by atoms with van der Waals surface area (Å²) >= 11 is 0. The number of benzene rings is 1. The molecule has 0 spiro atoms. The second-order valence-corrected chi connectivity index (χ2v) is 6.03. The molecule has 0 bridgehead atoms. The van der Waals surface area contributed by atoms with E-state index in [1.807, 2.05) is 12.3 Å². The Bertz CT molecular complexity index is 782. The molecule has 2 heterocycles. The molecule has 1 saturated carbocycles. The van der Waals surface area contributed by atoms with Gasteiger partial charge in [-0.05, 0) is 55.0 Å². The maximum Gasteiger partial charge on any atom is 0.157 e.